The van der Waals surface area contributed by atoms with Crippen LogP contribution in [-0.2, 0) is 6.61 Å². The molecule has 2 aliphatic rings. The highest BCUT2D eigenvalue weighted by molar-refractivity contribution is 5.94. The van der Waals surface area contributed by atoms with E-state index in [2.05, 4.69) is 30.4 Å². The maximum Gasteiger partial charge on any atom is 0.254 e. The third-order valence-corrected chi connectivity index (χ3v) is 5.25. The van der Waals surface area contributed by atoms with Crippen molar-refractivity contribution in [3.63, 3.8) is 0 Å². The summed E-state index contributed by atoms with van der Waals surface area (Å²) in [4.78, 5) is 14.8. The van der Waals surface area contributed by atoms with Crippen molar-refractivity contribution >= 4 is 18.3 Å². The molecular formula is C21H25ClN2O2. The van der Waals surface area contributed by atoms with E-state index in [0.717, 1.165) is 43.1 Å². The van der Waals surface area contributed by atoms with E-state index >= 15 is 0 Å². The molecule has 0 bridgehead atoms. The summed E-state index contributed by atoms with van der Waals surface area (Å²) in [5.41, 5.74) is 3.07. The molecule has 0 radical (unpaired) electrons. The molecular weight excluding hydrogens is 348 g/mol. The standard InChI is InChI=1S/C21H24N2O2.ClH/c1-15-4-2-5-16(8-15)14-25-20-7-3-6-17(9-20)21(24)23-12-18-10-22-11-19(18)13-23;/h2-9,18-19,22H,10-14H2,1H3;1H/t18-,19+;. The van der Waals surface area contributed by atoms with Crippen molar-refractivity contribution in [3.8, 4) is 5.75 Å². The summed E-state index contributed by atoms with van der Waals surface area (Å²) in [5, 5.41) is 3.41. The predicted octanol–water partition coefficient (Wildman–Crippen LogP) is 3.29. The number of likely N-dealkylation sites (tertiary alicyclic amines) is 1. The maximum atomic E-state index is 12.8. The zero-order valence-electron chi connectivity index (χ0n) is 15.0. The molecule has 1 amide bonds. The van der Waals surface area contributed by atoms with Crippen molar-refractivity contribution < 1.29 is 9.53 Å². The lowest BCUT2D eigenvalue weighted by Crippen LogP contribution is -2.31. The zero-order valence-corrected chi connectivity index (χ0v) is 15.8. The molecule has 2 fully saturated rings. The second kappa shape index (κ2) is 8.11. The van der Waals surface area contributed by atoms with Gasteiger partial charge in [0.2, 0.25) is 0 Å². The first-order valence-corrected chi connectivity index (χ1v) is 8.97. The number of carbonyl (C=O) groups is 1. The monoisotopic (exact) mass is 372 g/mol. The lowest BCUT2D eigenvalue weighted by molar-refractivity contribution is 0.0781. The SMILES string of the molecule is Cc1cccc(COc2cccc(C(=O)N3C[C@H]4CNC[C@H]4C3)c2)c1.Cl. The lowest BCUT2D eigenvalue weighted by atomic mass is 10.0. The van der Waals surface area contributed by atoms with Crippen LogP contribution in [0.15, 0.2) is 48.5 Å². The number of fused-ring (bicyclic) bond motifs is 1. The van der Waals surface area contributed by atoms with Crippen LogP contribution in [0.4, 0.5) is 0 Å². The second-order valence-corrected chi connectivity index (χ2v) is 7.19. The topological polar surface area (TPSA) is 41.6 Å². The minimum Gasteiger partial charge on any atom is -0.489 e. The van der Waals surface area contributed by atoms with Gasteiger partial charge in [0.05, 0.1) is 0 Å². The minimum atomic E-state index is 0. The van der Waals surface area contributed by atoms with Crippen molar-refractivity contribution in [2.24, 2.45) is 11.8 Å². The van der Waals surface area contributed by atoms with Gasteiger partial charge in [0.15, 0.2) is 0 Å². The number of nitrogens with one attached hydrogen (secondary N) is 1. The van der Waals surface area contributed by atoms with Gasteiger partial charge in [-0.25, -0.2) is 0 Å². The van der Waals surface area contributed by atoms with Gasteiger partial charge in [-0.3, -0.25) is 4.79 Å². The highest BCUT2D eigenvalue weighted by Crippen LogP contribution is 2.28. The molecule has 0 unspecified atom stereocenters. The first kappa shape index (κ1) is 18.7. The lowest BCUT2D eigenvalue weighted by Gasteiger charge is -2.18. The van der Waals surface area contributed by atoms with E-state index in [9.17, 15) is 4.79 Å². The summed E-state index contributed by atoms with van der Waals surface area (Å²) in [5.74, 6) is 2.10. The molecule has 0 spiro atoms. The maximum absolute atomic E-state index is 12.8. The molecule has 4 nitrogen and oxygen atoms in total. The number of halogens is 1. The van der Waals surface area contributed by atoms with Crippen LogP contribution < -0.4 is 10.1 Å². The summed E-state index contributed by atoms with van der Waals surface area (Å²) >= 11 is 0. The molecule has 0 saturated carbocycles. The Morgan fingerprint density at radius 2 is 1.85 bits per heavy atom. The number of amides is 1. The van der Waals surface area contributed by atoms with E-state index in [1.54, 1.807) is 0 Å². The van der Waals surface area contributed by atoms with Crippen LogP contribution in [0.2, 0.25) is 0 Å². The van der Waals surface area contributed by atoms with Gasteiger partial charge in [0.25, 0.3) is 5.91 Å². The van der Waals surface area contributed by atoms with Gasteiger partial charge in [0.1, 0.15) is 12.4 Å². The first-order valence-electron chi connectivity index (χ1n) is 8.97. The summed E-state index contributed by atoms with van der Waals surface area (Å²) in [6.45, 7) is 6.39. The highest BCUT2D eigenvalue weighted by atomic mass is 35.5. The van der Waals surface area contributed by atoms with E-state index in [1.807, 2.05) is 35.2 Å². The van der Waals surface area contributed by atoms with Gasteiger partial charge < -0.3 is 15.0 Å². The average Bonchev–Trinajstić information content (AvgIpc) is 3.21. The highest BCUT2D eigenvalue weighted by Gasteiger charge is 2.38. The largest absolute Gasteiger partial charge is 0.489 e. The van der Waals surface area contributed by atoms with E-state index in [-0.39, 0.29) is 18.3 Å². The Bertz CT molecular complexity index is 768. The number of hydrogen-bond acceptors (Lipinski definition) is 3. The second-order valence-electron chi connectivity index (χ2n) is 7.19. The molecule has 26 heavy (non-hydrogen) atoms. The number of carbonyl (C=O) groups excluding carboxylic acids is 1. The normalized spacial score (nSPS) is 21.2. The van der Waals surface area contributed by atoms with E-state index in [4.69, 9.17) is 4.74 Å². The first-order chi connectivity index (χ1) is 12.2. The van der Waals surface area contributed by atoms with Crippen molar-refractivity contribution in [1.29, 1.82) is 0 Å². The summed E-state index contributed by atoms with van der Waals surface area (Å²) < 4.78 is 5.89. The van der Waals surface area contributed by atoms with Crippen LogP contribution in [0.3, 0.4) is 0 Å². The van der Waals surface area contributed by atoms with Gasteiger partial charge in [-0.15, -0.1) is 12.4 Å². The summed E-state index contributed by atoms with van der Waals surface area (Å²) in [7, 11) is 0. The van der Waals surface area contributed by atoms with Crippen molar-refractivity contribution in [2.45, 2.75) is 13.5 Å². The molecule has 2 atom stereocenters. The molecule has 1 N–H and O–H groups in total. The fourth-order valence-electron chi connectivity index (χ4n) is 3.89. The van der Waals surface area contributed by atoms with Crippen molar-refractivity contribution in [2.75, 3.05) is 26.2 Å². The number of benzene rings is 2. The van der Waals surface area contributed by atoms with Gasteiger partial charge in [-0.1, -0.05) is 35.9 Å². The third-order valence-electron chi connectivity index (χ3n) is 5.25. The minimum absolute atomic E-state index is 0. The average molecular weight is 373 g/mol. The Hall–Kier alpha value is -2.04. The number of rotatable bonds is 4. The van der Waals surface area contributed by atoms with Crippen LogP contribution >= 0.6 is 12.4 Å². The summed E-state index contributed by atoms with van der Waals surface area (Å²) in [6, 6.07) is 15.8. The van der Waals surface area contributed by atoms with Crippen LogP contribution in [0.25, 0.3) is 0 Å². The van der Waals surface area contributed by atoms with Gasteiger partial charge in [-0.2, -0.15) is 0 Å². The Kier molecular flexibility index (Phi) is 5.84. The molecule has 4 rings (SSSR count). The van der Waals surface area contributed by atoms with Crippen LogP contribution in [0.5, 0.6) is 5.75 Å². The smallest absolute Gasteiger partial charge is 0.254 e. The quantitative estimate of drug-likeness (QED) is 0.895. The van der Waals surface area contributed by atoms with Crippen molar-refractivity contribution in [1.82, 2.24) is 10.2 Å². The molecule has 2 aliphatic heterocycles. The Morgan fingerprint density at radius 1 is 1.12 bits per heavy atom. The fourth-order valence-corrected chi connectivity index (χ4v) is 3.89. The van der Waals surface area contributed by atoms with Crippen LogP contribution in [-0.4, -0.2) is 37.0 Å². The van der Waals surface area contributed by atoms with Crippen LogP contribution in [0.1, 0.15) is 21.5 Å². The predicted molar refractivity (Wildman–Crippen MR) is 105 cm³/mol. The molecule has 138 valence electrons. The van der Waals surface area contributed by atoms with Gasteiger partial charge in [-0.05, 0) is 42.5 Å². The Labute approximate surface area is 160 Å². The van der Waals surface area contributed by atoms with E-state index in [0.29, 0.717) is 18.4 Å². The molecule has 2 heterocycles. The van der Waals surface area contributed by atoms with E-state index in [1.165, 1.54) is 5.56 Å². The number of ether oxygens (including phenoxy) is 1. The number of hydrogen-bond donors (Lipinski definition) is 1. The third kappa shape index (κ3) is 4.02. The summed E-state index contributed by atoms with van der Waals surface area (Å²) in [6.07, 6.45) is 0. The number of nitrogens with zero attached hydrogens (tertiary/aromatic N) is 1. The van der Waals surface area contributed by atoms with Crippen LogP contribution in [0, 0.1) is 18.8 Å². The molecule has 2 aromatic carbocycles. The molecule has 2 aromatic rings. The Morgan fingerprint density at radius 3 is 2.58 bits per heavy atom. The zero-order chi connectivity index (χ0) is 17.2. The Balaban J connectivity index is 0.00000196. The fraction of sp³-hybridized carbons (Fsp3) is 0.381. The van der Waals surface area contributed by atoms with Crippen molar-refractivity contribution in [3.05, 3.63) is 65.2 Å². The molecule has 0 aromatic heterocycles. The molecule has 5 heteroatoms. The number of aryl methyl sites for hydroxylation is 1. The molecule has 2 saturated heterocycles. The van der Waals surface area contributed by atoms with E-state index < -0.39 is 0 Å². The van der Waals surface area contributed by atoms with Gasteiger partial charge >= 0.3 is 0 Å². The van der Waals surface area contributed by atoms with Gasteiger partial charge in [0, 0.05) is 31.7 Å². The molecule has 0 aliphatic carbocycles.